The molecule has 2 aromatic rings. The van der Waals surface area contributed by atoms with Crippen LogP contribution in [0.1, 0.15) is 37.3 Å². The van der Waals surface area contributed by atoms with Crippen LogP contribution in [0.3, 0.4) is 0 Å². The third kappa shape index (κ3) is 5.55. The summed E-state index contributed by atoms with van der Waals surface area (Å²) in [6, 6.07) is 12.8. The van der Waals surface area contributed by atoms with Gasteiger partial charge in [-0.3, -0.25) is 4.79 Å². The smallest absolute Gasteiger partial charge is 0.280 e. The zero-order valence-electron chi connectivity index (χ0n) is 17.1. The molecule has 2 aliphatic rings. The van der Waals surface area contributed by atoms with E-state index in [2.05, 4.69) is 46.8 Å². The highest BCUT2D eigenvalue weighted by molar-refractivity contribution is 5.90. The molecule has 1 saturated carbocycles. The van der Waals surface area contributed by atoms with Gasteiger partial charge in [-0.05, 0) is 24.5 Å². The predicted octanol–water partition coefficient (Wildman–Crippen LogP) is 0.434. The van der Waals surface area contributed by atoms with E-state index in [4.69, 9.17) is 0 Å². The van der Waals surface area contributed by atoms with E-state index in [1.54, 1.807) is 11.1 Å². The SMILES string of the molecule is O=C(C[NH+]1CC[NH+](C/C=C/c2ccccc2)CC1)Nc1ccnn1C1CCCC1. The summed E-state index contributed by atoms with van der Waals surface area (Å²) in [5, 5.41) is 7.54. The van der Waals surface area contributed by atoms with Gasteiger partial charge in [0.1, 0.15) is 32.0 Å². The molecule has 6 heteroatoms. The molecule has 6 nitrogen and oxygen atoms in total. The number of quaternary nitrogens is 2. The van der Waals surface area contributed by atoms with Crippen LogP contribution in [0.15, 0.2) is 48.7 Å². The molecule has 0 radical (unpaired) electrons. The highest BCUT2D eigenvalue weighted by Crippen LogP contribution is 2.31. The molecule has 1 aromatic carbocycles. The molecule has 2 fully saturated rings. The van der Waals surface area contributed by atoms with Crippen molar-refractivity contribution < 1.29 is 14.6 Å². The van der Waals surface area contributed by atoms with Crippen LogP contribution in [0.2, 0.25) is 0 Å². The van der Waals surface area contributed by atoms with Crippen molar-refractivity contribution in [2.45, 2.75) is 31.7 Å². The molecule has 0 bridgehead atoms. The van der Waals surface area contributed by atoms with Gasteiger partial charge in [0.15, 0.2) is 6.54 Å². The van der Waals surface area contributed by atoms with Crippen molar-refractivity contribution in [2.24, 2.45) is 0 Å². The van der Waals surface area contributed by atoms with E-state index in [9.17, 15) is 4.79 Å². The summed E-state index contributed by atoms with van der Waals surface area (Å²) in [7, 11) is 0. The predicted molar refractivity (Wildman–Crippen MR) is 115 cm³/mol. The Labute approximate surface area is 173 Å². The molecule has 1 aliphatic carbocycles. The maximum absolute atomic E-state index is 12.6. The normalized spacial score (nSPS) is 22.9. The van der Waals surface area contributed by atoms with Crippen molar-refractivity contribution in [3.8, 4) is 0 Å². The molecule has 0 unspecified atom stereocenters. The highest BCUT2D eigenvalue weighted by atomic mass is 16.2. The summed E-state index contributed by atoms with van der Waals surface area (Å²) in [5.74, 6) is 0.962. The summed E-state index contributed by atoms with van der Waals surface area (Å²) >= 11 is 0. The van der Waals surface area contributed by atoms with E-state index < -0.39 is 0 Å². The quantitative estimate of drug-likeness (QED) is 0.637. The van der Waals surface area contributed by atoms with Crippen molar-refractivity contribution in [3.63, 3.8) is 0 Å². The number of anilines is 1. The molecular weight excluding hydrogens is 362 g/mol. The Bertz CT molecular complexity index is 802. The Hall–Kier alpha value is -2.44. The minimum absolute atomic E-state index is 0.104. The molecule has 1 aliphatic heterocycles. The van der Waals surface area contributed by atoms with Gasteiger partial charge >= 0.3 is 0 Å². The van der Waals surface area contributed by atoms with Crippen molar-refractivity contribution in [3.05, 3.63) is 54.2 Å². The molecule has 29 heavy (non-hydrogen) atoms. The second-order valence-corrected chi connectivity index (χ2v) is 8.34. The molecule has 1 saturated heterocycles. The molecule has 1 aromatic heterocycles. The number of piperazine rings is 1. The van der Waals surface area contributed by atoms with E-state index in [1.165, 1.54) is 36.1 Å². The molecule has 3 N–H and O–H groups in total. The van der Waals surface area contributed by atoms with Crippen LogP contribution in [-0.2, 0) is 4.79 Å². The van der Waals surface area contributed by atoms with Crippen molar-refractivity contribution in [2.75, 3.05) is 44.6 Å². The second kappa shape index (κ2) is 9.85. The lowest BCUT2D eigenvalue weighted by Crippen LogP contribution is -3.28. The Morgan fingerprint density at radius 3 is 2.55 bits per heavy atom. The maximum Gasteiger partial charge on any atom is 0.280 e. The Kier molecular flexibility index (Phi) is 6.75. The minimum Gasteiger partial charge on any atom is -0.322 e. The minimum atomic E-state index is 0.104. The fraction of sp³-hybridized carbons (Fsp3) is 0.478. The van der Waals surface area contributed by atoms with Crippen LogP contribution in [0.25, 0.3) is 6.08 Å². The zero-order valence-corrected chi connectivity index (χ0v) is 17.1. The summed E-state index contributed by atoms with van der Waals surface area (Å²) in [6.07, 6.45) is 11.1. The van der Waals surface area contributed by atoms with Crippen molar-refractivity contribution in [1.82, 2.24) is 9.78 Å². The Balaban J connectivity index is 1.19. The summed E-state index contributed by atoms with van der Waals surface area (Å²) in [4.78, 5) is 15.5. The number of rotatable bonds is 7. The van der Waals surface area contributed by atoms with Gasteiger partial charge in [0.2, 0.25) is 0 Å². The average Bonchev–Trinajstić information content (AvgIpc) is 3.42. The van der Waals surface area contributed by atoms with E-state index in [0.717, 1.165) is 38.5 Å². The monoisotopic (exact) mass is 395 g/mol. The standard InChI is InChI=1S/C23H31N5O/c29-23(25-22-12-13-24-28(22)21-10-4-5-11-21)19-27-17-15-26(16-18-27)14-6-9-20-7-2-1-3-8-20/h1-3,6-9,12-13,21H,4-5,10-11,14-19H2,(H,25,29)/p+2/b9-6+. The van der Waals surface area contributed by atoms with Crippen LogP contribution >= 0.6 is 0 Å². The summed E-state index contributed by atoms with van der Waals surface area (Å²) in [6.45, 7) is 5.91. The number of hydrogen-bond acceptors (Lipinski definition) is 2. The van der Waals surface area contributed by atoms with Gasteiger partial charge in [0, 0.05) is 6.07 Å². The van der Waals surface area contributed by atoms with Crippen LogP contribution in [0.5, 0.6) is 0 Å². The van der Waals surface area contributed by atoms with Gasteiger partial charge in [0.05, 0.1) is 18.8 Å². The Morgan fingerprint density at radius 2 is 1.79 bits per heavy atom. The Morgan fingerprint density at radius 1 is 1.07 bits per heavy atom. The first-order valence-corrected chi connectivity index (χ1v) is 11.0. The molecule has 2 heterocycles. The fourth-order valence-electron chi connectivity index (χ4n) is 4.53. The molecule has 1 amide bonds. The molecule has 4 rings (SSSR count). The number of carbonyl (C=O) groups excluding carboxylic acids is 1. The molecule has 154 valence electrons. The largest absolute Gasteiger partial charge is 0.322 e. The number of hydrogen-bond donors (Lipinski definition) is 3. The topological polar surface area (TPSA) is 55.8 Å². The molecule has 0 spiro atoms. The number of nitrogens with zero attached hydrogens (tertiary/aromatic N) is 2. The summed E-state index contributed by atoms with van der Waals surface area (Å²) in [5.41, 5.74) is 1.25. The van der Waals surface area contributed by atoms with Crippen LogP contribution in [0.4, 0.5) is 5.82 Å². The van der Waals surface area contributed by atoms with E-state index in [-0.39, 0.29) is 5.91 Å². The van der Waals surface area contributed by atoms with Gasteiger partial charge in [-0.2, -0.15) is 5.10 Å². The molecular formula is C23H33N5O+2. The van der Waals surface area contributed by atoms with E-state index in [1.807, 2.05) is 16.8 Å². The first kappa shape index (κ1) is 19.9. The number of amides is 1. The van der Waals surface area contributed by atoms with E-state index in [0.29, 0.717) is 12.6 Å². The van der Waals surface area contributed by atoms with Crippen molar-refractivity contribution >= 4 is 17.8 Å². The third-order valence-corrected chi connectivity index (χ3v) is 6.20. The van der Waals surface area contributed by atoms with Gasteiger partial charge in [-0.15, -0.1) is 0 Å². The van der Waals surface area contributed by atoms with Crippen LogP contribution in [-0.4, -0.2) is 55.0 Å². The number of benzene rings is 1. The summed E-state index contributed by atoms with van der Waals surface area (Å²) < 4.78 is 2.02. The number of aromatic nitrogens is 2. The number of carbonyl (C=O) groups is 1. The van der Waals surface area contributed by atoms with Gasteiger partial charge in [-0.1, -0.05) is 49.2 Å². The van der Waals surface area contributed by atoms with Crippen molar-refractivity contribution in [1.29, 1.82) is 0 Å². The second-order valence-electron chi connectivity index (χ2n) is 8.34. The lowest BCUT2D eigenvalue weighted by atomic mass is 10.2. The average molecular weight is 396 g/mol. The maximum atomic E-state index is 12.6. The lowest BCUT2D eigenvalue weighted by Gasteiger charge is -2.28. The lowest BCUT2D eigenvalue weighted by molar-refractivity contribution is -1.01. The first-order chi connectivity index (χ1) is 14.3. The number of nitrogens with one attached hydrogen (secondary N) is 3. The molecule has 0 atom stereocenters. The van der Waals surface area contributed by atoms with Gasteiger partial charge in [-0.25, -0.2) is 4.68 Å². The van der Waals surface area contributed by atoms with Crippen LogP contribution < -0.4 is 15.1 Å². The van der Waals surface area contributed by atoms with Gasteiger partial charge in [0.25, 0.3) is 5.91 Å². The zero-order chi connectivity index (χ0) is 19.9. The fourth-order valence-corrected chi connectivity index (χ4v) is 4.53. The first-order valence-electron chi connectivity index (χ1n) is 11.0. The van der Waals surface area contributed by atoms with E-state index >= 15 is 0 Å². The van der Waals surface area contributed by atoms with Crippen LogP contribution in [0, 0.1) is 0 Å². The highest BCUT2D eigenvalue weighted by Gasteiger charge is 2.25. The van der Waals surface area contributed by atoms with Gasteiger partial charge < -0.3 is 15.1 Å². The third-order valence-electron chi connectivity index (χ3n) is 6.20.